The second kappa shape index (κ2) is 5.43. The molecule has 21 heavy (non-hydrogen) atoms. The van der Waals surface area contributed by atoms with E-state index in [0.29, 0.717) is 0 Å². The third-order valence-corrected chi connectivity index (χ3v) is 4.19. The number of methoxy groups -OCH3 is 2. The van der Waals surface area contributed by atoms with E-state index in [1.165, 1.54) is 14.2 Å². The Balaban J connectivity index is 2.55. The van der Waals surface area contributed by atoms with Crippen LogP contribution in [-0.4, -0.2) is 89.1 Å². The average molecular weight is 308 g/mol. The first-order chi connectivity index (χ1) is 9.79. The van der Waals surface area contributed by atoms with Crippen molar-refractivity contribution in [2.75, 3.05) is 20.8 Å². The summed E-state index contributed by atoms with van der Waals surface area (Å²) in [5.74, 6) is -2.66. The Morgan fingerprint density at radius 1 is 1.24 bits per heavy atom. The van der Waals surface area contributed by atoms with Gasteiger partial charge in [0.25, 0.3) is 0 Å². The van der Waals surface area contributed by atoms with E-state index in [1.54, 1.807) is 0 Å². The molecule has 0 amide bonds. The van der Waals surface area contributed by atoms with E-state index in [2.05, 4.69) is 0 Å². The molecule has 2 heterocycles. The van der Waals surface area contributed by atoms with Crippen LogP contribution in [0.4, 0.5) is 0 Å². The van der Waals surface area contributed by atoms with E-state index in [-0.39, 0.29) is 0 Å². The molecule has 3 aliphatic rings. The lowest BCUT2D eigenvalue weighted by Gasteiger charge is -2.63. The summed E-state index contributed by atoms with van der Waals surface area (Å²) in [6.07, 6.45) is -7.29. The molecule has 0 aromatic carbocycles. The number of hydrogen-bond acceptors (Lipinski definition) is 9. The van der Waals surface area contributed by atoms with Crippen LogP contribution in [0.25, 0.3) is 0 Å². The molecule has 3 fully saturated rings. The Morgan fingerprint density at radius 2 is 1.86 bits per heavy atom. The van der Waals surface area contributed by atoms with Crippen LogP contribution in [0.1, 0.15) is 6.92 Å². The maximum absolute atomic E-state index is 11.3. The number of carbonyl (C=O) groups excluding carboxylic acids is 1. The highest BCUT2D eigenvalue weighted by Crippen LogP contribution is 2.50. The molecule has 1 saturated carbocycles. The van der Waals surface area contributed by atoms with Crippen molar-refractivity contribution in [3.8, 4) is 0 Å². The van der Waals surface area contributed by atoms with Crippen LogP contribution in [0.2, 0.25) is 0 Å². The summed E-state index contributed by atoms with van der Waals surface area (Å²) in [4.78, 5) is 11.3. The molecule has 122 valence electrons. The van der Waals surface area contributed by atoms with Crippen LogP contribution in [0, 0.1) is 0 Å². The van der Waals surface area contributed by atoms with E-state index in [4.69, 9.17) is 18.9 Å². The molecular weight excluding hydrogens is 288 g/mol. The van der Waals surface area contributed by atoms with Crippen LogP contribution in [0.15, 0.2) is 0 Å². The van der Waals surface area contributed by atoms with Crippen LogP contribution < -0.4 is 0 Å². The summed E-state index contributed by atoms with van der Waals surface area (Å²) in [6.45, 7) is 0.479. The summed E-state index contributed by atoms with van der Waals surface area (Å²) < 4.78 is 20.8. The predicted molar refractivity (Wildman–Crippen MR) is 65.0 cm³/mol. The minimum atomic E-state index is -2.16. The van der Waals surface area contributed by atoms with Crippen LogP contribution >= 0.6 is 0 Å². The first kappa shape index (κ1) is 16.6. The number of esters is 1. The van der Waals surface area contributed by atoms with Crippen molar-refractivity contribution >= 4 is 5.97 Å². The van der Waals surface area contributed by atoms with Gasteiger partial charge in [-0.1, -0.05) is 0 Å². The molecule has 0 spiro atoms. The van der Waals surface area contributed by atoms with Gasteiger partial charge in [0.05, 0.1) is 6.61 Å². The molecule has 0 aromatic heterocycles. The van der Waals surface area contributed by atoms with Gasteiger partial charge in [-0.2, -0.15) is 0 Å². The SMILES string of the molecule is COC1C(OC(C)=O)[C@@]2(OC)O[C@H](CO)[C@]1(O)[C@H](O)[C@H]2O. The molecule has 1 aliphatic carbocycles. The maximum atomic E-state index is 11.3. The Bertz CT molecular complexity index is 412. The quantitative estimate of drug-likeness (QED) is 0.404. The molecule has 2 saturated heterocycles. The number of ether oxygens (including phenoxy) is 4. The zero-order chi connectivity index (χ0) is 16.0. The summed E-state index contributed by atoms with van der Waals surface area (Å²) in [6, 6.07) is 0. The molecule has 4 N–H and O–H groups in total. The third-order valence-electron chi connectivity index (χ3n) is 4.19. The molecule has 2 bridgehead atoms. The van der Waals surface area contributed by atoms with Gasteiger partial charge in [0.1, 0.15) is 24.4 Å². The molecule has 3 rings (SSSR count). The third kappa shape index (κ3) is 2.00. The van der Waals surface area contributed by atoms with Gasteiger partial charge in [0.15, 0.2) is 11.7 Å². The fourth-order valence-corrected chi connectivity index (χ4v) is 3.19. The maximum Gasteiger partial charge on any atom is 0.303 e. The van der Waals surface area contributed by atoms with E-state index < -0.39 is 54.5 Å². The Labute approximate surface area is 121 Å². The Kier molecular flexibility index (Phi) is 4.28. The number of aliphatic hydroxyl groups excluding tert-OH is 3. The zero-order valence-corrected chi connectivity index (χ0v) is 11.9. The van der Waals surface area contributed by atoms with Gasteiger partial charge in [-0.25, -0.2) is 0 Å². The lowest BCUT2D eigenvalue weighted by Crippen LogP contribution is -2.87. The molecule has 2 unspecified atom stereocenters. The van der Waals surface area contributed by atoms with Gasteiger partial charge in [0, 0.05) is 21.1 Å². The van der Waals surface area contributed by atoms with Crippen molar-refractivity contribution in [3.63, 3.8) is 0 Å². The second-order valence-corrected chi connectivity index (χ2v) is 5.18. The van der Waals surface area contributed by atoms with Gasteiger partial charge in [0.2, 0.25) is 5.79 Å². The largest absolute Gasteiger partial charge is 0.454 e. The second-order valence-electron chi connectivity index (χ2n) is 5.18. The number of aliphatic hydroxyl groups is 4. The topological polar surface area (TPSA) is 135 Å². The smallest absolute Gasteiger partial charge is 0.303 e. The summed E-state index contributed by atoms with van der Waals surface area (Å²) in [5.41, 5.74) is -2.16. The molecule has 0 aromatic rings. The summed E-state index contributed by atoms with van der Waals surface area (Å²) >= 11 is 0. The van der Waals surface area contributed by atoms with Crippen molar-refractivity contribution in [1.82, 2.24) is 0 Å². The lowest BCUT2D eigenvalue weighted by molar-refractivity contribution is -0.461. The molecular formula is C12H20O9. The van der Waals surface area contributed by atoms with Crippen molar-refractivity contribution in [2.24, 2.45) is 0 Å². The van der Waals surface area contributed by atoms with Crippen molar-refractivity contribution in [3.05, 3.63) is 0 Å². The Morgan fingerprint density at radius 3 is 2.29 bits per heavy atom. The van der Waals surface area contributed by atoms with Crippen molar-refractivity contribution in [2.45, 2.75) is 48.8 Å². The van der Waals surface area contributed by atoms with E-state index in [9.17, 15) is 25.2 Å². The van der Waals surface area contributed by atoms with Gasteiger partial charge in [-0.3, -0.25) is 4.79 Å². The monoisotopic (exact) mass is 308 g/mol. The highest BCUT2D eigenvalue weighted by molar-refractivity contribution is 5.66. The molecule has 2 aliphatic heterocycles. The van der Waals surface area contributed by atoms with Crippen molar-refractivity contribution < 1.29 is 44.2 Å². The highest BCUT2D eigenvalue weighted by atomic mass is 16.8. The molecule has 9 heteroatoms. The summed E-state index contributed by atoms with van der Waals surface area (Å²) in [7, 11) is 2.42. The van der Waals surface area contributed by atoms with Crippen LogP contribution in [-0.2, 0) is 23.7 Å². The molecule has 9 nitrogen and oxygen atoms in total. The summed E-state index contributed by atoms with van der Waals surface area (Å²) in [5, 5.41) is 40.5. The first-order valence-electron chi connectivity index (χ1n) is 6.41. The van der Waals surface area contributed by atoms with E-state index in [0.717, 1.165) is 6.92 Å². The predicted octanol–water partition coefficient (Wildman–Crippen LogP) is -2.87. The van der Waals surface area contributed by atoms with Gasteiger partial charge in [-0.05, 0) is 0 Å². The fraction of sp³-hybridized carbons (Fsp3) is 0.917. The van der Waals surface area contributed by atoms with Crippen LogP contribution in [0.5, 0.6) is 0 Å². The van der Waals surface area contributed by atoms with Gasteiger partial charge in [-0.15, -0.1) is 0 Å². The first-order valence-corrected chi connectivity index (χ1v) is 6.41. The minimum Gasteiger partial charge on any atom is -0.454 e. The number of hydrogen-bond donors (Lipinski definition) is 4. The minimum absolute atomic E-state index is 0.655. The average Bonchev–Trinajstić information content (AvgIpc) is 2.45. The molecule has 0 radical (unpaired) electrons. The normalized spacial score (nSPS) is 49.2. The molecule has 7 atom stereocenters. The van der Waals surface area contributed by atoms with Gasteiger partial charge >= 0.3 is 5.97 Å². The zero-order valence-electron chi connectivity index (χ0n) is 11.9. The van der Waals surface area contributed by atoms with E-state index >= 15 is 0 Å². The van der Waals surface area contributed by atoms with E-state index in [1.807, 2.05) is 0 Å². The van der Waals surface area contributed by atoms with Crippen LogP contribution in [0.3, 0.4) is 0 Å². The van der Waals surface area contributed by atoms with Gasteiger partial charge < -0.3 is 39.4 Å². The standard InChI is InChI=1S/C12H20O9/c1-5(14)20-10-9(18-2)11(17)6(4-13)21-12(10,19-3)8(16)7(11)15/h6-10,13,15-17H,4H2,1-3H3/t6-,7-,8-,9?,10?,11+,12+/m1/s1. The lowest BCUT2D eigenvalue weighted by atomic mass is 9.66. The Hall–Kier alpha value is -0.810. The number of carbonyl (C=O) groups is 1. The van der Waals surface area contributed by atoms with Crippen molar-refractivity contribution in [1.29, 1.82) is 0 Å². The fourth-order valence-electron chi connectivity index (χ4n) is 3.19. The number of fused-ring (bicyclic) bond motifs is 3. The number of rotatable bonds is 4. The highest BCUT2D eigenvalue weighted by Gasteiger charge is 2.76.